The highest BCUT2D eigenvalue weighted by Crippen LogP contribution is 2.12. The van der Waals surface area contributed by atoms with Gasteiger partial charge in [0.25, 0.3) is 5.91 Å². The van der Waals surface area contributed by atoms with E-state index in [0.29, 0.717) is 11.6 Å². The van der Waals surface area contributed by atoms with Gasteiger partial charge in [-0.2, -0.15) is 0 Å². The number of amides is 1. The molecule has 2 aromatic carbocycles. The summed E-state index contributed by atoms with van der Waals surface area (Å²) in [7, 11) is 1.59. The van der Waals surface area contributed by atoms with Crippen LogP contribution in [0.3, 0.4) is 0 Å². The maximum absolute atomic E-state index is 11.7. The average Bonchev–Trinajstić information content (AvgIpc) is 2.63. The Labute approximate surface area is 151 Å². The fourth-order valence-corrected chi connectivity index (χ4v) is 2.15. The quantitative estimate of drug-likeness (QED) is 0.609. The fraction of sp³-hybridized carbons (Fsp3) is 0.158. The average molecular weight is 360 g/mol. The molecule has 0 aliphatic heterocycles. The first kappa shape index (κ1) is 18.5. The normalized spacial score (nSPS) is 10.5. The van der Waals surface area contributed by atoms with Crippen LogP contribution >= 0.6 is 11.6 Å². The van der Waals surface area contributed by atoms with Gasteiger partial charge in [0.2, 0.25) is 0 Å². The molecule has 0 aromatic heterocycles. The van der Waals surface area contributed by atoms with E-state index < -0.39 is 5.97 Å². The Morgan fingerprint density at radius 3 is 2.60 bits per heavy atom. The van der Waals surface area contributed by atoms with Crippen LogP contribution in [0.5, 0.6) is 5.75 Å². The number of nitrogens with one attached hydrogen (secondary N) is 1. The Hall–Kier alpha value is -2.79. The third-order valence-corrected chi connectivity index (χ3v) is 3.49. The molecule has 0 aliphatic rings. The largest absolute Gasteiger partial charge is 0.497 e. The van der Waals surface area contributed by atoms with Crippen LogP contribution in [0, 0.1) is 0 Å². The summed E-state index contributed by atoms with van der Waals surface area (Å²) in [5.41, 5.74) is 1.69. The van der Waals surface area contributed by atoms with Gasteiger partial charge in [-0.25, -0.2) is 4.79 Å². The van der Waals surface area contributed by atoms with Crippen molar-refractivity contribution in [3.05, 3.63) is 70.8 Å². The van der Waals surface area contributed by atoms with E-state index in [9.17, 15) is 9.59 Å². The Kier molecular flexibility index (Phi) is 7.04. The van der Waals surface area contributed by atoms with Crippen molar-refractivity contribution < 1.29 is 19.1 Å². The van der Waals surface area contributed by atoms with E-state index >= 15 is 0 Å². The molecular weight excluding hydrogens is 342 g/mol. The Bertz CT molecular complexity index is 756. The van der Waals surface area contributed by atoms with Crippen molar-refractivity contribution >= 4 is 29.6 Å². The molecule has 0 saturated heterocycles. The van der Waals surface area contributed by atoms with Gasteiger partial charge in [0.05, 0.1) is 7.11 Å². The molecule has 2 aromatic rings. The highest BCUT2D eigenvalue weighted by molar-refractivity contribution is 6.30. The smallest absolute Gasteiger partial charge is 0.331 e. The van der Waals surface area contributed by atoms with Gasteiger partial charge in [-0.1, -0.05) is 35.9 Å². The zero-order valence-corrected chi connectivity index (χ0v) is 14.5. The second-order valence-corrected chi connectivity index (χ2v) is 5.56. The minimum atomic E-state index is -0.598. The number of halogens is 1. The number of hydrogen-bond donors (Lipinski definition) is 1. The SMILES string of the molecule is COc1ccc(CNC(=O)COC(=O)C=Cc2cccc(Cl)c2)cc1. The van der Waals surface area contributed by atoms with Gasteiger partial charge in [0.1, 0.15) is 5.75 Å². The molecule has 0 bridgehead atoms. The number of carbonyl (C=O) groups excluding carboxylic acids is 2. The van der Waals surface area contributed by atoms with Gasteiger partial charge in [-0.05, 0) is 41.5 Å². The number of methoxy groups -OCH3 is 1. The standard InChI is InChI=1S/C19H18ClNO4/c1-24-17-8-5-15(6-9-17)12-21-18(22)13-25-19(23)10-7-14-3-2-4-16(20)11-14/h2-11H,12-13H2,1H3,(H,21,22). The number of carbonyl (C=O) groups is 2. The van der Waals surface area contributed by atoms with Crippen LogP contribution in [0.25, 0.3) is 6.08 Å². The number of hydrogen-bond acceptors (Lipinski definition) is 4. The van der Waals surface area contributed by atoms with Crippen LogP contribution in [0.1, 0.15) is 11.1 Å². The van der Waals surface area contributed by atoms with Gasteiger partial charge in [0, 0.05) is 17.6 Å². The highest BCUT2D eigenvalue weighted by Gasteiger charge is 2.05. The Morgan fingerprint density at radius 1 is 1.16 bits per heavy atom. The summed E-state index contributed by atoms with van der Waals surface area (Å²) in [6, 6.07) is 14.3. The molecule has 0 spiro atoms. The van der Waals surface area contributed by atoms with Crippen molar-refractivity contribution in [3.8, 4) is 5.75 Å². The molecule has 130 valence electrons. The first-order valence-electron chi connectivity index (χ1n) is 7.57. The lowest BCUT2D eigenvalue weighted by Gasteiger charge is -2.06. The Balaban J connectivity index is 1.72. The number of rotatable bonds is 7. The van der Waals surface area contributed by atoms with Gasteiger partial charge in [-0.3, -0.25) is 4.79 Å². The van der Waals surface area contributed by atoms with Gasteiger partial charge in [-0.15, -0.1) is 0 Å². The second kappa shape index (κ2) is 9.49. The lowest BCUT2D eigenvalue weighted by Crippen LogP contribution is -2.28. The van der Waals surface area contributed by atoms with E-state index in [-0.39, 0.29) is 12.5 Å². The maximum atomic E-state index is 11.7. The number of esters is 1. The van der Waals surface area contributed by atoms with Crippen molar-refractivity contribution in [1.82, 2.24) is 5.32 Å². The summed E-state index contributed by atoms with van der Waals surface area (Å²) in [5.74, 6) is -0.226. The molecule has 0 unspecified atom stereocenters. The molecule has 0 saturated carbocycles. The molecule has 1 N–H and O–H groups in total. The van der Waals surface area contributed by atoms with E-state index in [1.165, 1.54) is 6.08 Å². The van der Waals surface area contributed by atoms with Crippen LogP contribution in [0.15, 0.2) is 54.6 Å². The summed E-state index contributed by atoms with van der Waals surface area (Å²) in [4.78, 5) is 23.3. The minimum absolute atomic E-state index is 0.338. The number of benzene rings is 2. The van der Waals surface area contributed by atoms with E-state index in [1.807, 2.05) is 24.3 Å². The zero-order valence-electron chi connectivity index (χ0n) is 13.7. The third kappa shape index (κ3) is 6.69. The van der Waals surface area contributed by atoms with Crippen molar-refractivity contribution in [2.75, 3.05) is 13.7 Å². The molecule has 25 heavy (non-hydrogen) atoms. The van der Waals surface area contributed by atoms with Crippen molar-refractivity contribution in [2.45, 2.75) is 6.54 Å². The van der Waals surface area contributed by atoms with Crippen LogP contribution in [-0.4, -0.2) is 25.6 Å². The summed E-state index contributed by atoms with van der Waals surface area (Å²) in [6.07, 6.45) is 2.83. The molecule has 0 aliphatic carbocycles. The highest BCUT2D eigenvalue weighted by atomic mass is 35.5. The molecule has 0 radical (unpaired) electrons. The minimum Gasteiger partial charge on any atom is -0.497 e. The molecular formula is C19H18ClNO4. The predicted molar refractivity (Wildman–Crippen MR) is 96.3 cm³/mol. The van der Waals surface area contributed by atoms with Crippen molar-refractivity contribution in [1.29, 1.82) is 0 Å². The molecule has 2 rings (SSSR count). The monoisotopic (exact) mass is 359 g/mol. The second-order valence-electron chi connectivity index (χ2n) is 5.12. The molecule has 6 heteroatoms. The van der Waals surface area contributed by atoms with E-state index in [0.717, 1.165) is 16.9 Å². The first-order chi connectivity index (χ1) is 12.1. The van der Waals surface area contributed by atoms with Crippen LogP contribution in [0.2, 0.25) is 5.02 Å². The summed E-state index contributed by atoms with van der Waals surface area (Å²) in [5, 5.41) is 3.25. The summed E-state index contributed by atoms with van der Waals surface area (Å²) >= 11 is 5.86. The molecule has 0 atom stereocenters. The third-order valence-electron chi connectivity index (χ3n) is 3.25. The van der Waals surface area contributed by atoms with Crippen molar-refractivity contribution in [3.63, 3.8) is 0 Å². The van der Waals surface area contributed by atoms with Crippen LogP contribution < -0.4 is 10.1 Å². The van der Waals surface area contributed by atoms with Gasteiger partial charge in [0.15, 0.2) is 6.61 Å². The molecule has 5 nitrogen and oxygen atoms in total. The van der Waals surface area contributed by atoms with Crippen molar-refractivity contribution in [2.24, 2.45) is 0 Å². The lowest BCUT2D eigenvalue weighted by atomic mass is 10.2. The fourth-order valence-electron chi connectivity index (χ4n) is 1.95. The zero-order chi connectivity index (χ0) is 18.1. The van der Waals surface area contributed by atoms with Crippen LogP contribution in [-0.2, 0) is 20.9 Å². The van der Waals surface area contributed by atoms with E-state index in [1.54, 1.807) is 37.5 Å². The predicted octanol–water partition coefficient (Wildman–Crippen LogP) is 3.22. The molecule has 0 fully saturated rings. The number of ether oxygens (including phenoxy) is 2. The first-order valence-corrected chi connectivity index (χ1v) is 7.94. The van der Waals surface area contributed by atoms with E-state index in [4.69, 9.17) is 21.1 Å². The lowest BCUT2D eigenvalue weighted by molar-refractivity contribution is -0.143. The summed E-state index contributed by atoms with van der Waals surface area (Å²) in [6.45, 7) is 0.00755. The Morgan fingerprint density at radius 2 is 1.92 bits per heavy atom. The maximum Gasteiger partial charge on any atom is 0.331 e. The van der Waals surface area contributed by atoms with Gasteiger partial charge < -0.3 is 14.8 Å². The summed E-state index contributed by atoms with van der Waals surface area (Å²) < 4.78 is 9.95. The molecule has 1 amide bonds. The topological polar surface area (TPSA) is 64.6 Å². The van der Waals surface area contributed by atoms with Gasteiger partial charge >= 0.3 is 5.97 Å². The van der Waals surface area contributed by atoms with Crippen LogP contribution in [0.4, 0.5) is 0 Å². The van der Waals surface area contributed by atoms with E-state index in [2.05, 4.69) is 5.32 Å². The molecule has 0 heterocycles.